The molecule has 2 aromatic rings. The van der Waals surface area contributed by atoms with Gasteiger partial charge in [-0.3, -0.25) is 0 Å². The van der Waals surface area contributed by atoms with Crippen molar-refractivity contribution < 1.29 is 36.8 Å². The van der Waals surface area contributed by atoms with E-state index in [4.69, 9.17) is 28.4 Å². The Balaban J connectivity index is 2.01. The smallest absolute Gasteiger partial charge is 0.203 e. The zero-order valence-electron chi connectivity index (χ0n) is 21.7. The summed E-state index contributed by atoms with van der Waals surface area (Å²) in [6, 6.07) is 7.19. The Bertz CT molecular complexity index is 1130. The lowest BCUT2D eigenvalue weighted by molar-refractivity contribution is 0.0435. The molecule has 2 atom stereocenters. The first kappa shape index (κ1) is 27.7. The quantitative estimate of drug-likeness (QED) is 0.327. The number of sulfone groups is 1. The monoisotopic (exact) mass is 520 g/mol. The van der Waals surface area contributed by atoms with E-state index in [1.165, 1.54) is 0 Å². The van der Waals surface area contributed by atoms with Gasteiger partial charge in [0.15, 0.2) is 23.0 Å². The average Bonchev–Trinajstić information content (AvgIpc) is 3.40. The number of hydrogen-bond donors (Lipinski definition) is 0. The third-order valence-electron chi connectivity index (χ3n) is 5.93. The van der Waals surface area contributed by atoms with Gasteiger partial charge in [0, 0.05) is 5.41 Å². The summed E-state index contributed by atoms with van der Waals surface area (Å²) in [5.74, 6) is 2.21. The van der Waals surface area contributed by atoms with Crippen LogP contribution in [0.1, 0.15) is 62.9 Å². The lowest BCUT2D eigenvalue weighted by Gasteiger charge is -2.21. The molecule has 0 unspecified atom stereocenters. The maximum atomic E-state index is 12.9. The topological polar surface area (TPSA) is 89.5 Å². The molecule has 0 amide bonds. The van der Waals surface area contributed by atoms with Gasteiger partial charge in [-0.25, -0.2) is 8.42 Å². The van der Waals surface area contributed by atoms with E-state index in [9.17, 15) is 8.42 Å². The van der Waals surface area contributed by atoms with Gasteiger partial charge in [0.2, 0.25) is 15.6 Å². The van der Waals surface area contributed by atoms with Crippen LogP contribution in [0.3, 0.4) is 0 Å². The number of benzene rings is 2. The summed E-state index contributed by atoms with van der Waals surface area (Å²) in [7, 11) is 0.906. The Morgan fingerprint density at radius 2 is 1.36 bits per heavy atom. The molecule has 1 fully saturated rings. The maximum absolute atomic E-state index is 12.9. The van der Waals surface area contributed by atoms with Crippen molar-refractivity contribution in [2.75, 3.05) is 34.5 Å². The SMILES string of the molecule is C=CS(=O)(=O)c1cc([C@@H]2CC[C@@H](c3cc(OC)c(OC)c(OC)c3)O2)cc(OCCC)c1OCCC. The van der Waals surface area contributed by atoms with Gasteiger partial charge < -0.3 is 28.4 Å². The van der Waals surface area contributed by atoms with Gasteiger partial charge in [-0.05, 0) is 61.1 Å². The van der Waals surface area contributed by atoms with Crippen LogP contribution in [0.5, 0.6) is 28.7 Å². The van der Waals surface area contributed by atoms with Gasteiger partial charge in [0.05, 0.1) is 46.8 Å². The lowest BCUT2D eigenvalue weighted by atomic mass is 10.0. The fourth-order valence-corrected chi connectivity index (χ4v) is 5.06. The Labute approximate surface area is 214 Å². The number of methoxy groups -OCH3 is 3. The number of hydrogen-bond acceptors (Lipinski definition) is 8. The summed E-state index contributed by atoms with van der Waals surface area (Å²) < 4.78 is 60.5. The number of ether oxygens (including phenoxy) is 6. The van der Waals surface area contributed by atoms with Crippen molar-refractivity contribution in [3.8, 4) is 28.7 Å². The van der Waals surface area contributed by atoms with Crippen LogP contribution in [0.4, 0.5) is 0 Å². The van der Waals surface area contributed by atoms with E-state index in [0.29, 0.717) is 48.2 Å². The van der Waals surface area contributed by atoms with Crippen molar-refractivity contribution in [3.63, 3.8) is 0 Å². The molecule has 0 radical (unpaired) electrons. The Morgan fingerprint density at radius 1 is 0.833 bits per heavy atom. The molecule has 1 aliphatic rings. The number of rotatable bonds is 13. The molecule has 0 spiro atoms. The van der Waals surface area contributed by atoms with Crippen LogP contribution < -0.4 is 23.7 Å². The largest absolute Gasteiger partial charge is 0.493 e. The van der Waals surface area contributed by atoms with E-state index < -0.39 is 9.84 Å². The van der Waals surface area contributed by atoms with E-state index in [-0.39, 0.29) is 22.9 Å². The second-order valence-corrected chi connectivity index (χ2v) is 10.3. The maximum Gasteiger partial charge on any atom is 0.203 e. The molecule has 0 bridgehead atoms. The van der Waals surface area contributed by atoms with Gasteiger partial charge in [0.1, 0.15) is 4.90 Å². The second kappa shape index (κ2) is 12.4. The first-order valence-electron chi connectivity index (χ1n) is 12.1. The summed E-state index contributed by atoms with van der Waals surface area (Å²) in [4.78, 5) is 0.0365. The van der Waals surface area contributed by atoms with Crippen molar-refractivity contribution >= 4 is 9.84 Å². The summed E-state index contributed by atoms with van der Waals surface area (Å²) in [6.45, 7) is 8.24. The molecule has 0 aromatic heterocycles. The van der Waals surface area contributed by atoms with Gasteiger partial charge >= 0.3 is 0 Å². The Hall–Kier alpha value is -2.91. The highest BCUT2D eigenvalue weighted by Crippen LogP contribution is 2.48. The highest BCUT2D eigenvalue weighted by atomic mass is 32.2. The molecule has 1 saturated heterocycles. The van der Waals surface area contributed by atoms with E-state index in [1.807, 2.05) is 32.0 Å². The minimum atomic E-state index is -3.79. The molecular formula is C27H36O8S. The van der Waals surface area contributed by atoms with Gasteiger partial charge in [-0.1, -0.05) is 20.4 Å². The normalized spacial score (nSPS) is 17.5. The molecule has 9 heteroatoms. The van der Waals surface area contributed by atoms with Crippen LogP contribution in [-0.4, -0.2) is 43.0 Å². The second-order valence-electron chi connectivity index (χ2n) is 8.40. The van der Waals surface area contributed by atoms with Crippen LogP contribution in [-0.2, 0) is 14.6 Å². The third kappa shape index (κ3) is 5.90. The zero-order chi connectivity index (χ0) is 26.3. The predicted octanol–water partition coefficient (Wildman–Crippen LogP) is 5.80. The van der Waals surface area contributed by atoms with E-state index in [2.05, 4.69) is 6.58 Å². The van der Waals surface area contributed by atoms with Crippen molar-refractivity contribution in [1.29, 1.82) is 0 Å². The molecule has 1 aliphatic heterocycles. The molecule has 2 aromatic carbocycles. The van der Waals surface area contributed by atoms with E-state index >= 15 is 0 Å². The molecular weight excluding hydrogens is 484 g/mol. The van der Waals surface area contributed by atoms with Gasteiger partial charge in [-0.2, -0.15) is 0 Å². The fourth-order valence-electron chi connectivity index (χ4n) is 4.16. The van der Waals surface area contributed by atoms with Crippen molar-refractivity contribution in [1.82, 2.24) is 0 Å². The molecule has 0 N–H and O–H groups in total. The van der Waals surface area contributed by atoms with Crippen LogP contribution in [0.25, 0.3) is 0 Å². The van der Waals surface area contributed by atoms with Gasteiger partial charge in [-0.15, -0.1) is 0 Å². The van der Waals surface area contributed by atoms with Crippen LogP contribution >= 0.6 is 0 Å². The first-order chi connectivity index (χ1) is 17.3. The summed E-state index contributed by atoms with van der Waals surface area (Å²) >= 11 is 0. The van der Waals surface area contributed by atoms with Crippen molar-refractivity contribution in [2.45, 2.75) is 56.6 Å². The minimum Gasteiger partial charge on any atom is -0.493 e. The molecule has 3 rings (SSSR count). The summed E-state index contributed by atoms with van der Waals surface area (Å²) in [5.41, 5.74) is 1.59. The molecule has 198 valence electrons. The Morgan fingerprint density at radius 3 is 1.86 bits per heavy atom. The lowest BCUT2D eigenvalue weighted by Crippen LogP contribution is -2.09. The molecule has 8 nitrogen and oxygen atoms in total. The average molecular weight is 521 g/mol. The first-order valence-corrected chi connectivity index (χ1v) is 13.6. The van der Waals surface area contributed by atoms with Crippen LogP contribution in [0.15, 0.2) is 41.1 Å². The minimum absolute atomic E-state index is 0.0365. The van der Waals surface area contributed by atoms with Gasteiger partial charge in [0.25, 0.3) is 0 Å². The fraction of sp³-hybridized carbons (Fsp3) is 0.481. The zero-order valence-corrected chi connectivity index (χ0v) is 22.5. The molecule has 0 aliphatic carbocycles. The highest BCUT2D eigenvalue weighted by molar-refractivity contribution is 7.94. The molecule has 1 heterocycles. The molecule has 0 saturated carbocycles. The van der Waals surface area contributed by atoms with Crippen molar-refractivity contribution in [2.24, 2.45) is 0 Å². The summed E-state index contributed by atoms with van der Waals surface area (Å²) in [5, 5.41) is 0.933. The highest BCUT2D eigenvalue weighted by Gasteiger charge is 2.32. The summed E-state index contributed by atoms with van der Waals surface area (Å²) in [6.07, 6.45) is 2.34. The van der Waals surface area contributed by atoms with Crippen LogP contribution in [0.2, 0.25) is 0 Å². The molecule has 36 heavy (non-hydrogen) atoms. The van der Waals surface area contributed by atoms with E-state index in [0.717, 1.165) is 30.2 Å². The predicted molar refractivity (Wildman–Crippen MR) is 137 cm³/mol. The van der Waals surface area contributed by atoms with Crippen molar-refractivity contribution in [3.05, 3.63) is 47.4 Å². The third-order valence-corrected chi connectivity index (χ3v) is 7.29. The van der Waals surface area contributed by atoms with Crippen LogP contribution in [0, 0.1) is 0 Å². The standard InChI is InChI=1S/C27H36O8S/c1-7-12-33-24-16-19(17-25(36(28,29)9-3)27(24)34-13-8-2)21-11-10-20(35-21)18-14-22(30-4)26(32-6)23(15-18)31-5/h9,14-17,20-21H,3,7-8,10-13H2,1-2,4-6H3/t20-,21-/m0/s1. The van der Waals surface area contributed by atoms with E-state index in [1.54, 1.807) is 27.4 Å². The Kier molecular flexibility index (Phi) is 9.50.